The van der Waals surface area contributed by atoms with Gasteiger partial charge >= 0.3 is 0 Å². The average Bonchev–Trinajstić information content (AvgIpc) is 2.79. The van der Waals surface area contributed by atoms with E-state index in [1.54, 1.807) is 27.8 Å². The van der Waals surface area contributed by atoms with Crippen molar-refractivity contribution >= 4 is 11.8 Å². The number of morpholine rings is 1. The highest BCUT2D eigenvalue weighted by molar-refractivity contribution is 5.94. The van der Waals surface area contributed by atoms with Crippen LogP contribution in [0.1, 0.15) is 48.2 Å². The van der Waals surface area contributed by atoms with E-state index >= 15 is 0 Å². The number of aryl methyl sites for hydroxylation is 1. The van der Waals surface area contributed by atoms with Crippen LogP contribution in [0.25, 0.3) is 0 Å². The highest BCUT2D eigenvalue weighted by atomic mass is 16.5. The lowest BCUT2D eigenvalue weighted by Gasteiger charge is -2.39. The van der Waals surface area contributed by atoms with Crippen LogP contribution in [0.4, 0.5) is 0 Å². The number of benzene rings is 1. The summed E-state index contributed by atoms with van der Waals surface area (Å²) in [6, 6.07) is 11.4. The quantitative estimate of drug-likeness (QED) is 0.717. The van der Waals surface area contributed by atoms with Crippen molar-refractivity contribution in [2.75, 3.05) is 26.2 Å². The van der Waals surface area contributed by atoms with Crippen LogP contribution in [0.3, 0.4) is 0 Å². The normalized spacial score (nSPS) is 21.8. The van der Waals surface area contributed by atoms with Crippen LogP contribution < -0.4 is 5.56 Å². The Kier molecular flexibility index (Phi) is 6.98. The third kappa shape index (κ3) is 5.36. The number of pyridine rings is 1. The van der Waals surface area contributed by atoms with E-state index in [4.69, 9.17) is 4.74 Å². The number of rotatable bonds is 4. The van der Waals surface area contributed by atoms with E-state index < -0.39 is 0 Å². The third-order valence-electron chi connectivity index (χ3n) is 6.55. The van der Waals surface area contributed by atoms with Gasteiger partial charge in [-0.15, -0.1) is 0 Å². The van der Waals surface area contributed by atoms with E-state index in [0.717, 1.165) is 11.1 Å². The minimum Gasteiger partial charge on any atom is -0.372 e. The molecule has 2 fully saturated rings. The summed E-state index contributed by atoms with van der Waals surface area (Å²) in [5.74, 6) is -0.178. The van der Waals surface area contributed by atoms with Crippen LogP contribution in [0, 0.1) is 12.8 Å². The first-order valence-corrected chi connectivity index (χ1v) is 11.8. The molecule has 0 saturated carbocycles. The van der Waals surface area contributed by atoms with Gasteiger partial charge in [0, 0.05) is 38.3 Å². The lowest BCUT2D eigenvalue weighted by atomic mass is 9.94. The Bertz CT molecular complexity index is 1060. The summed E-state index contributed by atoms with van der Waals surface area (Å²) < 4.78 is 7.32. The molecular weight excluding hydrogens is 418 g/mol. The minimum absolute atomic E-state index is 0.0411. The molecule has 0 bridgehead atoms. The van der Waals surface area contributed by atoms with Gasteiger partial charge in [-0.05, 0) is 51.3 Å². The second-order valence-corrected chi connectivity index (χ2v) is 9.41. The predicted octanol–water partition coefficient (Wildman–Crippen LogP) is 2.69. The Morgan fingerprint density at radius 1 is 1.00 bits per heavy atom. The van der Waals surface area contributed by atoms with Gasteiger partial charge < -0.3 is 19.1 Å². The van der Waals surface area contributed by atoms with Crippen molar-refractivity contribution in [1.82, 2.24) is 14.4 Å². The van der Waals surface area contributed by atoms with Gasteiger partial charge in [0.1, 0.15) is 5.56 Å². The molecule has 2 saturated heterocycles. The zero-order chi connectivity index (χ0) is 23.5. The highest BCUT2D eigenvalue weighted by Crippen LogP contribution is 2.23. The van der Waals surface area contributed by atoms with E-state index in [9.17, 15) is 14.4 Å². The standard InChI is InChI=1S/C26H33N3O4/c1-18-6-4-7-21(14-18)17-28-11-5-8-23(26(28)32)25(31)27-12-9-22(10-13-27)24(30)29-15-19(2)33-20(3)16-29/h4-8,11,14,19-20,22H,9-10,12-13,15-17H2,1-3H3. The smallest absolute Gasteiger partial charge is 0.263 e. The number of likely N-dealkylation sites (tertiary alicyclic amines) is 1. The molecule has 4 rings (SSSR count). The van der Waals surface area contributed by atoms with Crippen molar-refractivity contribution in [1.29, 1.82) is 0 Å². The Morgan fingerprint density at radius 3 is 2.36 bits per heavy atom. The van der Waals surface area contributed by atoms with E-state index in [1.165, 1.54) is 0 Å². The fourth-order valence-electron chi connectivity index (χ4n) is 4.95. The second-order valence-electron chi connectivity index (χ2n) is 9.41. The Hall–Kier alpha value is -2.93. The number of ether oxygens (including phenoxy) is 1. The minimum atomic E-state index is -0.279. The van der Waals surface area contributed by atoms with Gasteiger partial charge in [0.05, 0.1) is 18.8 Å². The first kappa shape index (κ1) is 23.2. The monoisotopic (exact) mass is 451 g/mol. The number of hydrogen-bond donors (Lipinski definition) is 0. The van der Waals surface area contributed by atoms with Gasteiger partial charge in [0.25, 0.3) is 11.5 Å². The van der Waals surface area contributed by atoms with Crippen LogP contribution in [0.5, 0.6) is 0 Å². The number of amides is 2. The summed E-state index contributed by atoms with van der Waals surface area (Å²) in [6.07, 6.45) is 3.04. The Balaban J connectivity index is 1.40. The van der Waals surface area contributed by atoms with E-state index in [-0.39, 0.29) is 41.1 Å². The van der Waals surface area contributed by atoms with Crippen LogP contribution in [0.15, 0.2) is 47.4 Å². The van der Waals surface area contributed by atoms with Gasteiger partial charge in [-0.1, -0.05) is 29.8 Å². The maximum Gasteiger partial charge on any atom is 0.263 e. The summed E-state index contributed by atoms with van der Waals surface area (Å²) in [7, 11) is 0. The molecule has 3 heterocycles. The first-order chi connectivity index (χ1) is 15.8. The Morgan fingerprint density at radius 2 is 1.70 bits per heavy atom. The topological polar surface area (TPSA) is 71.8 Å². The fourth-order valence-corrected chi connectivity index (χ4v) is 4.95. The van der Waals surface area contributed by atoms with Crippen LogP contribution in [0.2, 0.25) is 0 Å². The summed E-state index contributed by atoms with van der Waals surface area (Å²) >= 11 is 0. The molecule has 2 aromatic rings. The third-order valence-corrected chi connectivity index (χ3v) is 6.55. The number of carbonyl (C=O) groups is 2. The lowest BCUT2D eigenvalue weighted by molar-refractivity contribution is -0.148. The van der Waals surface area contributed by atoms with Crippen LogP contribution >= 0.6 is 0 Å². The van der Waals surface area contributed by atoms with Crippen molar-refractivity contribution < 1.29 is 14.3 Å². The number of nitrogens with zero attached hydrogens (tertiary/aromatic N) is 3. The maximum absolute atomic E-state index is 13.1. The van der Waals surface area contributed by atoms with Gasteiger partial charge in [-0.25, -0.2) is 0 Å². The molecule has 1 aromatic carbocycles. The van der Waals surface area contributed by atoms with Crippen molar-refractivity contribution in [3.8, 4) is 0 Å². The summed E-state index contributed by atoms with van der Waals surface area (Å²) in [6.45, 7) is 8.62. The number of piperidine rings is 1. The zero-order valence-corrected chi connectivity index (χ0v) is 19.7. The molecule has 176 valence electrons. The molecule has 2 amide bonds. The molecule has 0 aliphatic carbocycles. The summed E-state index contributed by atoms with van der Waals surface area (Å²) in [5, 5.41) is 0. The predicted molar refractivity (Wildman–Crippen MR) is 126 cm³/mol. The number of carbonyl (C=O) groups excluding carboxylic acids is 2. The summed E-state index contributed by atoms with van der Waals surface area (Å²) in [5.41, 5.74) is 2.06. The van der Waals surface area contributed by atoms with E-state index in [2.05, 4.69) is 0 Å². The molecule has 2 aliphatic heterocycles. The van der Waals surface area contributed by atoms with Crippen molar-refractivity contribution in [3.05, 3.63) is 69.6 Å². The molecule has 0 N–H and O–H groups in total. The molecule has 33 heavy (non-hydrogen) atoms. The van der Waals surface area contributed by atoms with Crippen molar-refractivity contribution in [2.45, 2.75) is 52.4 Å². The van der Waals surface area contributed by atoms with E-state index in [1.807, 2.05) is 49.9 Å². The molecule has 7 nitrogen and oxygen atoms in total. The lowest BCUT2D eigenvalue weighted by Crippen LogP contribution is -2.52. The van der Waals surface area contributed by atoms with Gasteiger partial charge in [0.15, 0.2) is 0 Å². The van der Waals surface area contributed by atoms with Gasteiger partial charge in [-0.2, -0.15) is 0 Å². The SMILES string of the molecule is Cc1cccc(Cn2cccc(C(=O)N3CCC(C(=O)N4CC(C)OC(C)C4)CC3)c2=O)c1. The zero-order valence-electron chi connectivity index (χ0n) is 19.7. The molecular formula is C26H33N3O4. The molecule has 7 heteroatoms. The largest absolute Gasteiger partial charge is 0.372 e. The fraction of sp³-hybridized carbons (Fsp3) is 0.500. The van der Waals surface area contributed by atoms with Gasteiger partial charge in [-0.3, -0.25) is 14.4 Å². The second kappa shape index (κ2) is 9.91. The highest BCUT2D eigenvalue weighted by Gasteiger charge is 2.34. The first-order valence-electron chi connectivity index (χ1n) is 11.8. The van der Waals surface area contributed by atoms with Crippen LogP contribution in [-0.2, 0) is 16.1 Å². The van der Waals surface area contributed by atoms with Crippen molar-refractivity contribution in [3.63, 3.8) is 0 Å². The number of hydrogen-bond acceptors (Lipinski definition) is 4. The van der Waals surface area contributed by atoms with Crippen molar-refractivity contribution in [2.24, 2.45) is 5.92 Å². The molecule has 0 spiro atoms. The van der Waals surface area contributed by atoms with Crippen LogP contribution in [-0.4, -0.2) is 64.6 Å². The van der Waals surface area contributed by atoms with Gasteiger partial charge in [0.2, 0.25) is 5.91 Å². The molecule has 0 radical (unpaired) electrons. The average molecular weight is 452 g/mol. The maximum atomic E-state index is 13.1. The number of aromatic nitrogens is 1. The summed E-state index contributed by atoms with van der Waals surface area (Å²) in [4.78, 5) is 42.8. The molecule has 1 aromatic heterocycles. The molecule has 2 aliphatic rings. The molecule has 2 atom stereocenters. The van der Waals surface area contributed by atoms with E-state index in [0.29, 0.717) is 45.6 Å². The Labute approximate surface area is 194 Å². The molecule has 2 unspecified atom stereocenters.